The third-order valence-electron chi connectivity index (χ3n) is 3.50. The van der Waals surface area contributed by atoms with E-state index in [2.05, 4.69) is 6.92 Å². The molecular weight excluding hydrogens is 336 g/mol. The molecule has 0 spiro atoms. The highest BCUT2D eigenvalue weighted by Gasteiger charge is 2.33. The van der Waals surface area contributed by atoms with E-state index in [0.29, 0.717) is 6.42 Å². The lowest BCUT2D eigenvalue weighted by atomic mass is 10.0. The van der Waals surface area contributed by atoms with Crippen molar-refractivity contribution in [2.24, 2.45) is 0 Å². The molecule has 9 nitrogen and oxygen atoms in total. The quantitative estimate of drug-likeness (QED) is 0.215. The van der Waals surface area contributed by atoms with Gasteiger partial charge in [0.05, 0.1) is 6.61 Å². The van der Waals surface area contributed by atoms with E-state index in [1.807, 2.05) is 0 Å². The summed E-state index contributed by atoms with van der Waals surface area (Å²) in [5.41, 5.74) is 0. The monoisotopic (exact) mass is 368 g/mol. The van der Waals surface area contributed by atoms with Crippen molar-refractivity contribution in [1.29, 1.82) is 0 Å². The second-order valence-corrected chi connectivity index (χ2v) is 5.78. The summed E-state index contributed by atoms with van der Waals surface area (Å²) < 4.78 is 0. The fourth-order valence-electron chi connectivity index (χ4n) is 1.90. The number of carboxylic acids is 2. The van der Waals surface area contributed by atoms with Gasteiger partial charge in [-0.1, -0.05) is 45.4 Å². The predicted octanol–water partition coefficient (Wildman–Crippen LogP) is -0.281. The van der Waals surface area contributed by atoms with Crippen LogP contribution in [0.4, 0.5) is 0 Å². The van der Waals surface area contributed by atoms with E-state index in [4.69, 9.17) is 35.7 Å². The smallest absolute Gasteiger partial charge is 0.335 e. The average molecular weight is 368 g/mol. The molecule has 0 aliphatic rings. The van der Waals surface area contributed by atoms with Gasteiger partial charge >= 0.3 is 11.9 Å². The number of aliphatic hydroxyl groups excluding tert-OH is 5. The van der Waals surface area contributed by atoms with Crippen molar-refractivity contribution in [2.45, 2.75) is 82.7 Å². The molecule has 4 atom stereocenters. The van der Waals surface area contributed by atoms with Crippen molar-refractivity contribution in [3.63, 3.8) is 0 Å². The molecule has 0 aliphatic heterocycles. The van der Waals surface area contributed by atoms with Gasteiger partial charge in [-0.2, -0.15) is 0 Å². The SMILES string of the molecule is CCCCCCCCCC(=O)O.O=C(O)C(O)C(O)C(O)C(O)CO. The van der Waals surface area contributed by atoms with Crippen LogP contribution < -0.4 is 0 Å². The van der Waals surface area contributed by atoms with E-state index in [0.717, 1.165) is 12.8 Å². The van der Waals surface area contributed by atoms with Gasteiger partial charge in [-0.05, 0) is 6.42 Å². The molecule has 0 saturated heterocycles. The molecule has 0 fully saturated rings. The highest BCUT2D eigenvalue weighted by molar-refractivity contribution is 5.72. The number of carboxylic acid groups (broad SMARTS) is 2. The molecule has 0 rings (SSSR count). The Morgan fingerprint density at radius 2 is 1.28 bits per heavy atom. The molecule has 0 aromatic rings. The first-order valence-electron chi connectivity index (χ1n) is 8.46. The Hall–Kier alpha value is -1.26. The van der Waals surface area contributed by atoms with Crippen LogP contribution in [0.1, 0.15) is 58.3 Å². The largest absolute Gasteiger partial charge is 0.481 e. The number of unbranched alkanes of at least 4 members (excludes halogenated alkanes) is 6. The maximum atomic E-state index is 10.1. The summed E-state index contributed by atoms with van der Waals surface area (Å²) in [7, 11) is 0. The standard InChI is InChI=1S/C10H20O2.C6H12O7/c1-2-3-4-5-6-7-8-9-10(11)12;7-1-2(8)3(9)4(10)5(11)6(12)13/h2-9H2,1H3,(H,11,12);2-5,7-11H,1H2,(H,12,13). The number of aliphatic carboxylic acids is 2. The molecule has 0 saturated carbocycles. The van der Waals surface area contributed by atoms with Crippen LogP contribution in [0.3, 0.4) is 0 Å². The predicted molar refractivity (Wildman–Crippen MR) is 89.0 cm³/mol. The first-order chi connectivity index (χ1) is 11.7. The van der Waals surface area contributed by atoms with Gasteiger partial charge in [0.2, 0.25) is 0 Å². The zero-order chi connectivity index (χ0) is 19.8. The number of rotatable bonds is 13. The van der Waals surface area contributed by atoms with Gasteiger partial charge in [-0.3, -0.25) is 4.79 Å². The maximum Gasteiger partial charge on any atom is 0.335 e. The van der Waals surface area contributed by atoms with E-state index in [9.17, 15) is 9.59 Å². The summed E-state index contributed by atoms with van der Waals surface area (Å²) in [6.07, 6.45) is 0.805. The minimum absolute atomic E-state index is 0.341. The Morgan fingerprint density at radius 3 is 1.68 bits per heavy atom. The highest BCUT2D eigenvalue weighted by Crippen LogP contribution is 2.08. The van der Waals surface area contributed by atoms with E-state index in [1.165, 1.54) is 32.1 Å². The van der Waals surface area contributed by atoms with Gasteiger partial charge in [0, 0.05) is 6.42 Å². The number of hydrogen-bond acceptors (Lipinski definition) is 7. The Labute approximate surface area is 147 Å². The van der Waals surface area contributed by atoms with Crippen molar-refractivity contribution in [3.8, 4) is 0 Å². The molecule has 0 aliphatic carbocycles. The minimum Gasteiger partial charge on any atom is -0.481 e. The van der Waals surface area contributed by atoms with Crippen LogP contribution in [-0.2, 0) is 9.59 Å². The summed E-state index contributed by atoms with van der Waals surface area (Å²) in [6.45, 7) is 1.36. The Bertz CT molecular complexity index is 348. The van der Waals surface area contributed by atoms with Crippen LogP contribution in [0.25, 0.3) is 0 Å². The molecule has 9 heteroatoms. The van der Waals surface area contributed by atoms with Crippen molar-refractivity contribution >= 4 is 11.9 Å². The zero-order valence-corrected chi connectivity index (χ0v) is 14.6. The summed E-state index contributed by atoms with van der Waals surface area (Å²) >= 11 is 0. The Morgan fingerprint density at radius 1 is 0.800 bits per heavy atom. The van der Waals surface area contributed by atoms with Gasteiger partial charge < -0.3 is 35.7 Å². The average Bonchev–Trinajstić information content (AvgIpc) is 2.58. The van der Waals surface area contributed by atoms with Gasteiger partial charge in [0.15, 0.2) is 6.10 Å². The first kappa shape index (κ1) is 26.0. The normalized spacial score (nSPS) is 15.4. The van der Waals surface area contributed by atoms with Gasteiger partial charge in [0.1, 0.15) is 18.3 Å². The summed E-state index contributed by atoms with van der Waals surface area (Å²) in [5, 5.41) is 60.2. The lowest BCUT2D eigenvalue weighted by molar-refractivity contribution is -0.164. The number of carbonyl (C=O) groups is 2. The van der Waals surface area contributed by atoms with E-state index < -0.39 is 43.0 Å². The third-order valence-corrected chi connectivity index (χ3v) is 3.50. The minimum atomic E-state index is -2.20. The van der Waals surface area contributed by atoms with Crippen LogP contribution in [0, 0.1) is 0 Å². The summed E-state index contributed by atoms with van der Waals surface area (Å²) in [5.74, 6) is -2.39. The second-order valence-electron chi connectivity index (χ2n) is 5.78. The van der Waals surface area contributed by atoms with Crippen LogP contribution in [-0.4, -0.2) is 78.7 Å². The lowest BCUT2D eigenvalue weighted by Crippen LogP contribution is -2.48. The number of aliphatic hydroxyl groups is 5. The molecular formula is C16H32O9. The fraction of sp³-hybridized carbons (Fsp3) is 0.875. The lowest BCUT2D eigenvalue weighted by Gasteiger charge is -2.23. The molecule has 25 heavy (non-hydrogen) atoms. The molecule has 0 aromatic heterocycles. The second kappa shape index (κ2) is 16.2. The molecule has 0 amide bonds. The van der Waals surface area contributed by atoms with Gasteiger partial charge in [-0.25, -0.2) is 4.79 Å². The topological polar surface area (TPSA) is 176 Å². The highest BCUT2D eigenvalue weighted by atomic mass is 16.4. The van der Waals surface area contributed by atoms with Crippen LogP contribution in [0.2, 0.25) is 0 Å². The van der Waals surface area contributed by atoms with E-state index in [1.54, 1.807) is 0 Å². The summed E-state index contributed by atoms with van der Waals surface area (Å²) in [4.78, 5) is 20.2. The molecule has 0 heterocycles. The fourth-order valence-corrected chi connectivity index (χ4v) is 1.90. The molecule has 7 N–H and O–H groups in total. The van der Waals surface area contributed by atoms with Crippen LogP contribution >= 0.6 is 0 Å². The van der Waals surface area contributed by atoms with Crippen molar-refractivity contribution in [2.75, 3.05) is 6.61 Å². The van der Waals surface area contributed by atoms with Crippen molar-refractivity contribution in [1.82, 2.24) is 0 Å². The number of hydrogen-bond donors (Lipinski definition) is 7. The zero-order valence-electron chi connectivity index (χ0n) is 14.6. The van der Waals surface area contributed by atoms with Crippen molar-refractivity contribution < 1.29 is 45.3 Å². The Kier molecular flexibility index (Phi) is 16.9. The molecule has 4 unspecified atom stereocenters. The first-order valence-corrected chi connectivity index (χ1v) is 8.46. The van der Waals surface area contributed by atoms with E-state index in [-0.39, 0.29) is 0 Å². The van der Waals surface area contributed by atoms with Crippen LogP contribution in [0.15, 0.2) is 0 Å². The van der Waals surface area contributed by atoms with Gasteiger partial charge in [0.25, 0.3) is 0 Å². The molecule has 0 aromatic carbocycles. The molecule has 0 radical (unpaired) electrons. The van der Waals surface area contributed by atoms with E-state index >= 15 is 0 Å². The van der Waals surface area contributed by atoms with Crippen LogP contribution in [0.5, 0.6) is 0 Å². The maximum absolute atomic E-state index is 10.1. The van der Waals surface area contributed by atoms with Gasteiger partial charge in [-0.15, -0.1) is 0 Å². The van der Waals surface area contributed by atoms with Crippen molar-refractivity contribution in [3.05, 3.63) is 0 Å². The molecule has 150 valence electrons. The molecule has 0 bridgehead atoms. The third kappa shape index (κ3) is 14.8. The Balaban J connectivity index is 0. The summed E-state index contributed by atoms with van der Waals surface area (Å²) in [6, 6.07) is 0.